The van der Waals surface area contributed by atoms with Gasteiger partial charge in [0.15, 0.2) is 0 Å². The van der Waals surface area contributed by atoms with Gasteiger partial charge in [-0.05, 0) is 30.3 Å². The summed E-state index contributed by atoms with van der Waals surface area (Å²) in [4.78, 5) is 9.14. The summed E-state index contributed by atoms with van der Waals surface area (Å²) in [6, 6.07) is 19.5. The minimum Gasteiger partial charge on any atom is -0.545 e. The number of carboxylic acids is 1. The van der Waals surface area contributed by atoms with Crippen molar-refractivity contribution in [3.05, 3.63) is 73.3 Å². The number of ether oxygens (including phenoxy) is 1. The Morgan fingerprint density at radius 1 is 0.955 bits per heavy atom. The molecule has 2 aromatic carbocycles. The highest BCUT2D eigenvalue weighted by Crippen LogP contribution is 2.19. The Kier molecular flexibility index (Phi) is 11.8. The lowest BCUT2D eigenvalue weighted by atomic mass is 10.3. The Hall–Kier alpha value is -2.63. The highest BCUT2D eigenvalue weighted by atomic mass is 16.5. The summed E-state index contributed by atoms with van der Waals surface area (Å²) < 4.78 is 5.58. The third-order valence-corrected chi connectivity index (χ3v) is 1.99. The van der Waals surface area contributed by atoms with Crippen molar-refractivity contribution in [3.63, 3.8) is 0 Å². The van der Waals surface area contributed by atoms with Gasteiger partial charge in [0.05, 0.1) is 19.2 Å². The van der Waals surface area contributed by atoms with Gasteiger partial charge >= 0.3 is 0 Å². The van der Waals surface area contributed by atoms with E-state index in [1.807, 2.05) is 60.7 Å². The molecule has 118 valence electrons. The first-order chi connectivity index (χ1) is 10.6. The molecule has 0 saturated heterocycles. The van der Waals surface area contributed by atoms with Gasteiger partial charge in [-0.1, -0.05) is 43.0 Å². The van der Waals surface area contributed by atoms with Gasteiger partial charge in [-0.2, -0.15) is 0 Å². The van der Waals surface area contributed by atoms with E-state index in [1.165, 1.54) is 0 Å². The molecule has 0 amide bonds. The van der Waals surface area contributed by atoms with Crippen molar-refractivity contribution in [1.29, 1.82) is 0 Å². The first kappa shape index (κ1) is 19.4. The molecule has 0 bridgehead atoms. The first-order valence-electron chi connectivity index (χ1n) is 6.47. The molecule has 2 rings (SSSR count). The number of aliphatic hydroxyl groups is 2. The fourth-order valence-electron chi connectivity index (χ4n) is 1.11. The predicted molar refractivity (Wildman–Crippen MR) is 82.3 cm³/mol. The second-order valence-electron chi connectivity index (χ2n) is 3.70. The molecule has 0 saturated carbocycles. The third kappa shape index (κ3) is 11.2. The fraction of sp³-hybridized carbons (Fsp3) is 0.118. The topological polar surface area (TPSA) is 89.8 Å². The summed E-state index contributed by atoms with van der Waals surface area (Å²) in [5.74, 6) is 0.507. The van der Waals surface area contributed by atoms with Gasteiger partial charge in [0, 0.05) is 0 Å². The van der Waals surface area contributed by atoms with E-state index in [2.05, 4.69) is 6.58 Å². The molecule has 0 aliphatic heterocycles. The Morgan fingerprint density at radius 3 is 1.50 bits per heavy atom. The van der Waals surface area contributed by atoms with Crippen LogP contribution in [-0.4, -0.2) is 29.4 Å². The van der Waals surface area contributed by atoms with Gasteiger partial charge in [0.25, 0.3) is 0 Å². The van der Waals surface area contributed by atoms with Crippen LogP contribution in [0, 0.1) is 0 Å². The van der Waals surface area contributed by atoms with E-state index in [4.69, 9.17) is 24.9 Å². The number of benzene rings is 2. The largest absolute Gasteiger partial charge is 0.545 e. The van der Waals surface area contributed by atoms with Crippen LogP contribution < -0.4 is 9.84 Å². The van der Waals surface area contributed by atoms with E-state index in [-0.39, 0.29) is 13.2 Å². The van der Waals surface area contributed by atoms with E-state index in [0.717, 1.165) is 17.6 Å². The number of carbonyl (C=O) groups is 1. The van der Waals surface area contributed by atoms with Crippen molar-refractivity contribution in [2.75, 3.05) is 13.2 Å². The van der Waals surface area contributed by atoms with Crippen LogP contribution in [0.2, 0.25) is 0 Å². The normalized spacial score (nSPS) is 8.45. The second kappa shape index (κ2) is 13.4. The fourth-order valence-corrected chi connectivity index (χ4v) is 1.11. The monoisotopic (exact) mass is 303 g/mol. The van der Waals surface area contributed by atoms with Crippen molar-refractivity contribution < 1.29 is 24.9 Å². The molecule has 0 aliphatic rings. The summed E-state index contributed by atoms with van der Waals surface area (Å²) in [6.45, 7) is 2.65. The molecule has 5 nitrogen and oxygen atoms in total. The maximum atomic E-state index is 9.14. The van der Waals surface area contributed by atoms with E-state index >= 15 is 0 Å². The molecule has 0 spiro atoms. The summed E-state index contributed by atoms with van der Waals surface area (Å²) in [5, 5.41) is 24.4. The van der Waals surface area contributed by atoms with Gasteiger partial charge in [0.1, 0.15) is 11.5 Å². The molecule has 0 radical (unpaired) electrons. The number of hydrogen-bond acceptors (Lipinski definition) is 5. The first-order valence-corrected chi connectivity index (χ1v) is 6.47. The number of aliphatic carboxylic acids is 1. The van der Waals surface area contributed by atoms with Crippen LogP contribution in [0.1, 0.15) is 0 Å². The lowest BCUT2D eigenvalue weighted by molar-refractivity contribution is -0.297. The predicted octanol–water partition coefficient (Wildman–Crippen LogP) is 1.37. The van der Waals surface area contributed by atoms with Gasteiger partial charge in [-0.3, -0.25) is 0 Å². The smallest absolute Gasteiger partial charge is 0.127 e. The Labute approximate surface area is 129 Å². The standard InChI is InChI=1S/C12H10O.C3H4O2.C2H6O2/c1-3-7-11(8-4-1)13-12-9-5-2-6-10-12;1-2-3(4)5;3-1-2-4/h1-10H;2H,1H2,(H,4,5);3-4H,1-2H2/p-1. The number of aliphatic hydroxyl groups excluding tert-OH is 2. The van der Waals surface area contributed by atoms with Crippen LogP contribution >= 0.6 is 0 Å². The molecule has 0 fully saturated rings. The molecule has 22 heavy (non-hydrogen) atoms. The van der Waals surface area contributed by atoms with Gasteiger partial charge < -0.3 is 24.9 Å². The zero-order chi connectivity index (χ0) is 16.6. The summed E-state index contributed by atoms with van der Waals surface area (Å²) in [5.41, 5.74) is 0. The van der Waals surface area contributed by atoms with Gasteiger partial charge in [-0.15, -0.1) is 0 Å². The number of rotatable bonds is 4. The van der Waals surface area contributed by atoms with Crippen LogP contribution in [-0.2, 0) is 4.79 Å². The molecule has 5 heteroatoms. The van der Waals surface area contributed by atoms with Crippen molar-refractivity contribution in [2.24, 2.45) is 0 Å². The van der Waals surface area contributed by atoms with Gasteiger partial charge in [0.2, 0.25) is 0 Å². The molecule has 0 atom stereocenters. The minimum absolute atomic E-state index is 0.125. The maximum Gasteiger partial charge on any atom is 0.127 e. The van der Waals surface area contributed by atoms with E-state index < -0.39 is 5.97 Å². The molecule has 0 unspecified atom stereocenters. The molecule has 0 aliphatic carbocycles. The van der Waals surface area contributed by atoms with Crippen LogP contribution in [0.3, 0.4) is 0 Å². The van der Waals surface area contributed by atoms with Crippen molar-refractivity contribution in [3.8, 4) is 11.5 Å². The molecular weight excluding hydrogens is 284 g/mol. The third-order valence-electron chi connectivity index (χ3n) is 1.99. The number of carbonyl (C=O) groups excluding carboxylic acids is 1. The second-order valence-corrected chi connectivity index (χ2v) is 3.70. The SMILES string of the molecule is C=CC(=O)[O-].OCCO.c1ccc(Oc2ccccc2)cc1. The number of carboxylic acid groups (broad SMARTS) is 1. The Bertz CT molecular complexity index is 472. The van der Waals surface area contributed by atoms with Gasteiger partial charge in [-0.25, -0.2) is 0 Å². The number of hydrogen-bond donors (Lipinski definition) is 2. The molecule has 2 N–H and O–H groups in total. The van der Waals surface area contributed by atoms with Crippen molar-refractivity contribution >= 4 is 5.97 Å². The number of para-hydroxylation sites is 2. The average molecular weight is 303 g/mol. The highest BCUT2D eigenvalue weighted by Gasteiger charge is 1.92. The molecule has 0 heterocycles. The van der Waals surface area contributed by atoms with Crippen LogP contribution in [0.15, 0.2) is 73.3 Å². The molecular formula is C17H19O5-. The minimum atomic E-state index is -1.23. The van der Waals surface area contributed by atoms with Crippen molar-refractivity contribution in [1.82, 2.24) is 0 Å². The van der Waals surface area contributed by atoms with Crippen LogP contribution in [0.25, 0.3) is 0 Å². The summed E-state index contributed by atoms with van der Waals surface area (Å²) in [6.07, 6.45) is 0.722. The highest BCUT2D eigenvalue weighted by molar-refractivity contribution is 5.76. The Balaban J connectivity index is 0.000000411. The average Bonchev–Trinajstić information content (AvgIpc) is 2.57. The Morgan fingerprint density at radius 2 is 1.27 bits per heavy atom. The van der Waals surface area contributed by atoms with Crippen LogP contribution in [0.4, 0.5) is 0 Å². The van der Waals surface area contributed by atoms with Crippen molar-refractivity contribution in [2.45, 2.75) is 0 Å². The zero-order valence-corrected chi connectivity index (χ0v) is 12.1. The summed E-state index contributed by atoms with van der Waals surface area (Å²) >= 11 is 0. The maximum absolute atomic E-state index is 9.14. The quantitative estimate of drug-likeness (QED) is 0.833. The lowest BCUT2D eigenvalue weighted by Gasteiger charge is -2.03. The molecule has 0 aromatic heterocycles. The van der Waals surface area contributed by atoms with E-state index in [1.54, 1.807) is 0 Å². The zero-order valence-electron chi connectivity index (χ0n) is 12.1. The molecule has 2 aromatic rings. The summed E-state index contributed by atoms with van der Waals surface area (Å²) in [7, 11) is 0. The van der Waals surface area contributed by atoms with Crippen LogP contribution in [0.5, 0.6) is 11.5 Å². The lowest BCUT2D eigenvalue weighted by Crippen LogP contribution is -2.17. The van der Waals surface area contributed by atoms with E-state index in [0.29, 0.717) is 0 Å². The van der Waals surface area contributed by atoms with E-state index in [9.17, 15) is 0 Å².